The fraction of sp³-hybridized carbons (Fsp3) is 0.286. The molecule has 1 unspecified atom stereocenters. The Kier molecular flexibility index (Phi) is 9.15. The van der Waals surface area contributed by atoms with Crippen LogP contribution in [0.1, 0.15) is 33.5 Å². The molecule has 2 aromatic heterocycles. The number of halogens is 3. The summed E-state index contributed by atoms with van der Waals surface area (Å²) in [6.07, 6.45) is 1.72. The lowest BCUT2D eigenvalue weighted by molar-refractivity contribution is -0.137. The Balaban J connectivity index is 1.44. The molecule has 0 aliphatic carbocycles. The molecule has 42 heavy (non-hydrogen) atoms. The van der Waals surface area contributed by atoms with E-state index in [1.165, 1.54) is 30.6 Å². The number of nitrogen functional groups attached to an aromatic ring is 1. The molecule has 1 fully saturated rings. The van der Waals surface area contributed by atoms with Crippen LogP contribution in [0.3, 0.4) is 0 Å². The Bertz CT molecular complexity index is 1490. The van der Waals surface area contributed by atoms with Crippen LogP contribution in [0.4, 0.5) is 30.6 Å². The quantitative estimate of drug-likeness (QED) is 0.222. The fourth-order valence-electron chi connectivity index (χ4n) is 4.29. The normalized spacial score (nSPS) is 15.3. The molecular weight excluding hydrogens is 551 g/mol. The first-order valence-corrected chi connectivity index (χ1v) is 12.9. The van der Waals surface area contributed by atoms with E-state index in [-0.39, 0.29) is 40.4 Å². The topological polar surface area (TPSA) is 153 Å². The van der Waals surface area contributed by atoms with Crippen LogP contribution in [-0.4, -0.2) is 82.0 Å². The molecule has 1 aliphatic rings. The zero-order valence-electron chi connectivity index (χ0n) is 22.9. The zero-order valence-corrected chi connectivity index (χ0v) is 22.9. The van der Waals surface area contributed by atoms with Gasteiger partial charge >= 0.3 is 6.18 Å². The van der Waals surface area contributed by atoms with Gasteiger partial charge in [0.05, 0.1) is 16.8 Å². The Hall–Kier alpha value is -4.85. The van der Waals surface area contributed by atoms with Crippen molar-refractivity contribution in [1.29, 1.82) is 5.41 Å². The Morgan fingerprint density at radius 2 is 1.86 bits per heavy atom. The van der Waals surface area contributed by atoms with Crippen LogP contribution in [-0.2, 0) is 11.0 Å². The predicted molar refractivity (Wildman–Crippen MR) is 152 cm³/mol. The number of nitrogens with one attached hydrogen (secondary N) is 3. The van der Waals surface area contributed by atoms with Crippen LogP contribution in [0.15, 0.2) is 61.1 Å². The number of alkyl halides is 3. The maximum absolute atomic E-state index is 13.0. The minimum atomic E-state index is -4.57. The molecule has 3 heterocycles. The van der Waals surface area contributed by atoms with Crippen molar-refractivity contribution in [2.24, 2.45) is 0 Å². The van der Waals surface area contributed by atoms with E-state index in [9.17, 15) is 22.8 Å². The molecule has 3 aromatic rings. The highest BCUT2D eigenvalue weighted by Gasteiger charge is 2.31. The monoisotopic (exact) mass is 581 g/mol. The zero-order chi connectivity index (χ0) is 30.4. The number of likely N-dealkylation sites (tertiary alicyclic amines) is 1. The maximum Gasteiger partial charge on any atom is 0.416 e. The number of carbonyl (C=O) groups excluding carboxylic acids is 2. The molecular formula is C28H30F3N9O2. The predicted octanol–water partition coefficient (Wildman–Crippen LogP) is 3.27. The van der Waals surface area contributed by atoms with E-state index in [4.69, 9.17) is 11.1 Å². The number of likely N-dealkylation sites (N-methyl/N-ethyl adjacent to an activating group) is 1. The number of pyridine rings is 1. The minimum absolute atomic E-state index is 0.000323. The number of hydrogen-bond acceptors (Lipinski definition) is 9. The summed E-state index contributed by atoms with van der Waals surface area (Å²) in [5.41, 5.74) is 6.02. The smallest absolute Gasteiger partial charge is 0.383 e. The second-order valence-corrected chi connectivity index (χ2v) is 9.90. The molecule has 1 saturated heterocycles. The Morgan fingerprint density at radius 1 is 1.14 bits per heavy atom. The van der Waals surface area contributed by atoms with Gasteiger partial charge in [0.2, 0.25) is 5.91 Å². The molecule has 1 aromatic carbocycles. The van der Waals surface area contributed by atoms with E-state index in [1.54, 1.807) is 11.0 Å². The highest BCUT2D eigenvalue weighted by atomic mass is 19.4. The van der Waals surface area contributed by atoms with E-state index in [1.807, 2.05) is 25.1 Å². The molecule has 0 radical (unpaired) electrons. The first-order chi connectivity index (χ1) is 19.9. The molecule has 0 saturated carbocycles. The van der Waals surface area contributed by atoms with Gasteiger partial charge in [0.15, 0.2) is 0 Å². The molecule has 2 amide bonds. The van der Waals surface area contributed by atoms with Crippen molar-refractivity contribution in [3.05, 3.63) is 83.3 Å². The van der Waals surface area contributed by atoms with Gasteiger partial charge in [-0.25, -0.2) is 15.0 Å². The lowest BCUT2D eigenvalue weighted by Gasteiger charge is -2.19. The number of nitrogens with zero attached hydrogens (tertiary/aromatic N) is 5. The van der Waals surface area contributed by atoms with Crippen molar-refractivity contribution in [3.63, 3.8) is 0 Å². The molecule has 1 aliphatic heterocycles. The van der Waals surface area contributed by atoms with Gasteiger partial charge in [-0.05, 0) is 44.8 Å². The van der Waals surface area contributed by atoms with Gasteiger partial charge < -0.3 is 26.2 Å². The lowest BCUT2D eigenvalue weighted by atomic mass is 10.0. The highest BCUT2D eigenvalue weighted by molar-refractivity contribution is 6.16. The summed E-state index contributed by atoms with van der Waals surface area (Å²) in [5, 5.41) is 14.4. The van der Waals surface area contributed by atoms with Gasteiger partial charge in [-0.2, -0.15) is 13.2 Å². The summed E-state index contributed by atoms with van der Waals surface area (Å²) in [6, 6.07) is 7.34. The number of carbonyl (C=O) groups is 2. The van der Waals surface area contributed by atoms with Crippen molar-refractivity contribution in [2.45, 2.75) is 18.6 Å². The molecule has 220 valence electrons. The van der Waals surface area contributed by atoms with Crippen molar-refractivity contribution >= 4 is 35.0 Å². The summed E-state index contributed by atoms with van der Waals surface area (Å²) in [4.78, 5) is 40.9. The number of amides is 2. The van der Waals surface area contributed by atoms with Crippen molar-refractivity contribution in [2.75, 3.05) is 50.1 Å². The first kappa shape index (κ1) is 30.1. The molecule has 14 heteroatoms. The highest BCUT2D eigenvalue weighted by Crippen LogP contribution is 2.30. The Morgan fingerprint density at radius 3 is 2.55 bits per heavy atom. The third kappa shape index (κ3) is 7.46. The number of hydrogen-bond donors (Lipinski definition) is 4. The van der Waals surface area contributed by atoms with Crippen molar-refractivity contribution in [1.82, 2.24) is 24.8 Å². The summed E-state index contributed by atoms with van der Waals surface area (Å²) >= 11 is 0. The summed E-state index contributed by atoms with van der Waals surface area (Å²) in [7, 11) is 3.83. The third-order valence-corrected chi connectivity index (χ3v) is 6.46. The maximum atomic E-state index is 13.0. The minimum Gasteiger partial charge on any atom is -0.383 e. The van der Waals surface area contributed by atoms with Crippen LogP contribution in [0.5, 0.6) is 0 Å². The molecule has 0 spiro atoms. The van der Waals surface area contributed by atoms with Crippen LogP contribution in [0.25, 0.3) is 0 Å². The lowest BCUT2D eigenvalue weighted by Crippen LogP contribution is -2.31. The average molecular weight is 582 g/mol. The van der Waals surface area contributed by atoms with Crippen LogP contribution < -0.4 is 16.4 Å². The first-order valence-electron chi connectivity index (χ1n) is 12.9. The van der Waals surface area contributed by atoms with Gasteiger partial charge in [0.1, 0.15) is 23.8 Å². The van der Waals surface area contributed by atoms with Crippen LogP contribution >= 0.6 is 0 Å². The molecule has 5 N–H and O–H groups in total. The van der Waals surface area contributed by atoms with E-state index >= 15 is 0 Å². The van der Waals surface area contributed by atoms with Gasteiger partial charge in [-0.3, -0.25) is 15.0 Å². The van der Waals surface area contributed by atoms with E-state index < -0.39 is 17.6 Å². The van der Waals surface area contributed by atoms with Gasteiger partial charge in [-0.1, -0.05) is 18.2 Å². The number of aromatic nitrogens is 3. The van der Waals surface area contributed by atoms with Crippen LogP contribution in [0, 0.1) is 5.41 Å². The van der Waals surface area contributed by atoms with Gasteiger partial charge in [0.25, 0.3) is 5.91 Å². The number of nitrogens with two attached hydrogens (primary N) is 1. The molecule has 0 bridgehead atoms. The number of anilines is 3. The van der Waals surface area contributed by atoms with E-state index in [0.29, 0.717) is 37.4 Å². The second-order valence-electron chi connectivity index (χ2n) is 9.90. The Labute approximate surface area is 240 Å². The summed E-state index contributed by atoms with van der Waals surface area (Å²) in [5.74, 6) is -0.570. The third-order valence-electron chi connectivity index (χ3n) is 6.46. The largest absolute Gasteiger partial charge is 0.416 e. The second kappa shape index (κ2) is 12.8. The van der Waals surface area contributed by atoms with Crippen molar-refractivity contribution < 1.29 is 22.8 Å². The van der Waals surface area contributed by atoms with E-state index in [2.05, 4.69) is 25.6 Å². The summed E-state index contributed by atoms with van der Waals surface area (Å²) < 4.78 is 38.9. The fourth-order valence-corrected chi connectivity index (χ4v) is 4.29. The number of benzene rings is 1. The van der Waals surface area contributed by atoms with Gasteiger partial charge in [0, 0.05) is 49.1 Å². The molecule has 11 nitrogen and oxygen atoms in total. The average Bonchev–Trinajstić information content (AvgIpc) is 3.41. The van der Waals surface area contributed by atoms with Crippen molar-refractivity contribution in [3.8, 4) is 0 Å². The van der Waals surface area contributed by atoms with Gasteiger partial charge in [-0.15, -0.1) is 0 Å². The number of rotatable bonds is 9. The standard InChI is InChI=1S/C28H30F3N9O2/c1-39(2)12-3-4-22(41)40-13-10-20(15-40)37-26-23(25(33)35-16-36-26)24(32)17-5-7-18(8-6-17)27(42)38-21-14-19(9-11-34-21)28(29,30)31/h3-9,11,14,16,20,32H,10,12-13,15H2,1-2H3,(H,34,38,42)(H3,33,35,36,37)/b4-3+,32-24?. The van der Waals surface area contributed by atoms with E-state index in [0.717, 1.165) is 18.3 Å². The summed E-state index contributed by atoms with van der Waals surface area (Å²) in [6.45, 7) is 1.67. The SMILES string of the molecule is CN(C)C/C=C/C(=O)N1CCC(Nc2ncnc(N)c2C(=N)c2ccc(C(=O)Nc3cc(C(F)(F)F)ccn3)cc2)C1. The van der Waals surface area contributed by atoms with Crippen LogP contribution in [0.2, 0.25) is 0 Å². The molecule has 1 atom stereocenters. The molecule has 4 rings (SSSR count).